The van der Waals surface area contributed by atoms with Gasteiger partial charge in [-0.1, -0.05) is 18.2 Å². The number of rotatable bonds is 8. The fourth-order valence-electron chi connectivity index (χ4n) is 4.71. The Bertz CT molecular complexity index is 1130. The van der Waals surface area contributed by atoms with Crippen molar-refractivity contribution in [2.45, 2.75) is 56.4 Å². The first-order valence-electron chi connectivity index (χ1n) is 12.0. The highest BCUT2D eigenvalue weighted by Crippen LogP contribution is 2.27. The van der Waals surface area contributed by atoms with Crippen molar-refractivity contribution in [1.82, 2.24) is 9.62 Å². The van der Waals surface area contributed by atoms with Gasteiger partial charge in [-0.15, -0.1) is 0 Å². The lowest BCUT2D eigenvalue weighted by molar-refractivity contribution is -0.121. The summed E-state index contributed by atoms with van der Waals surface area (Å²) < 4.78 is 38.2. The summed E-state index contributed by atoms with van der Waals surface area (Å²) in [6, 6.07) is 11.3. The molecule has 1 aliphatic carbocycles. The SMILES string of the molecule is COc1ccc(S(=O)(=O)N2CCOCC2)cc1CCC(=O)N[C@H](C)c1ccc2c(c1)CCCC2. The first kappa shape index (κ1) is 24.7. The van der Waals surface area contributed by atoms with Gasteiger partial charge in [0.05, 0.1) is 31.3 Å². The van der Waals surface area contributed by atoms with Crippen LogP contribution in [0.5, 0.6) is 5.75 Å². The van der Waals surface area contributed by atoms with Crippen molar-refractivity contribution >= 4 is 15.9 Å². The second-order valence-corrected chi connectivity index (χ2v) is 11.0. The number of nitrogens with zero attached hydrogens (tertiary/aromatic N) is 1. The maximum Gasteiger partial charge on any atom is 0.243 e. The number of methoxy groups -OCH3 is 1. The van der Waals surface area contributed by atoms with Crippen molar-refractivity contribution < 1.29 is 22.7 Å². The van der Waals surface area contributed by atoms with Crippen LogP contribution in [0.1, 0.15) is 54.5 Å². The maximum absolute atomic E-state index is 13.0. The van der Waals surface area contributed by atoms with Gasteiger partial charge in [0.25, 0.3) is 0 Å². The Hall–Kier alpha value is -2.42. The molecule has 0 radical (unpaired) electrons. The molecule has 0 unspecified atom stereocenters. The fourth-order valence-corrected chi connectivity index (χ4v) is 6.17. The van der Waals surface area contributed by atoms with Gasteiger partial charge < -0.3 is 14.8 Å². The van der Waals surface area contributed by atoms with Gasteiger partial charge in [-0.05, 0) is 79.5 Å². The van der Waals surface area contributed by atoms with E-state index in [1.54, 1.807) is 25.3 Å². The number of aryl methyl sites for hydroxylation is 3. The molecule has 184 valence electrons. The van der Waals surface area contributed by atoms with E-state index in [9.17, 15) is 13.2 Å². The Morgan fingerprint density at radius 3 is 2.56 bits per heavy atom. The summed E-state index contributed by atoms with van der Waals surface area (Å²) in [6.45, 7) is 3.47. The molecule has 1 N–H and O–H groups in total. The first-order chi connectivity index (χ1) is 16.4. The quantitative estimate of drug-likeness (QED) is 0.618. The second-order valence-electron chi connectivity index (χ2n) is 9.01. The highest BCUT2D eigenvalue weighted by atomic mass is 32.2. The number of nitrogens with one attached hydrogen (secondary N) is 1. The van der Waals surface area contributed by atoms with E-state index < -0.39 is 10.0 Å². The van der Waals surface area contributed by atoms with E-state index in [-0.39, 0.29) is 23.3 Å². The summed E-state index contributed by atoms with van der Waals surface area (Å²) in [5, 5.41) is 3.09. The number of hydrogen-bond acceptors (Lipinski definition) is 5. The van der Waals surface area contributed by atoms with Crippen LogP contribution in [0.4, 0.5) is 0 Å². The van der Waals surface area contributed by atoms with Crippen molar-refractivity contribution in [3.8, 4) is 5.75 Å². The molecule has 2 aliphatic rings. The Balaban J connectivity index is 1.41. The molecular weight excluding hydrogens is 452 g/mol. The molecule has 4 rings (SSSR count). The minimum atomic E-state index is -3.61. The van der Waals surface area contributed by atoms with Crippen molar-refractivity contribution in [2.75, 3.05) is 33.4 Å². The number of carbonyl (C=O) groups is 1. The number of hydrogen-bond donors (Lipinski definition) is 1. The molecule has 0 saturated carbocycles. The number of amides is 1. The van der Waals surface area contributed by atoms with Crippen LogP contribution in [0.25, 0.3) is 0 Å². The fraction of sp³-hybridized carbons (Fsp3) is 0.500. The molecule has 0 aromatic heterocycles. The topological polar surface area (TPSA) is 84.9 Å². The molecule has 1 saturated heterocycles. The molecule has 2 aromatic carbocycles. The lowest BCUT2D eigenvalue weighted by Gasteiger charge is -2.26. The Labute approximate surface area is 202 Å². The summed E-state index contributed by atoms with van der Waals surface area (Å²) in [7, 11) is -2.06. The van der Waals surface area contributed by atoms with Crippen molar-refractivity contribution in [1.29, 1.82) is 0 Å². The van der Waals surface area contributed by atoms with Gasteiger partial charge in [0.1, 0.15) is 5.75 Å². The zero-order valence-corrected chi connectivity index (χ0v) is 20.8. The summed E-state index contributed by atoms with van der Waals surface area (Å²) >= 11 is 0. The van der Waals surface area contributed by atoms with Gasteiger partial charge in [0.15, 0.2) is 0 Å². The number of carbonyl (C=O) groups excluding carboxylic acids is 1. The van der Waals surface area contributed by atoms with Crippen LogP contribution in [-0.4, -0.2) is 52.0 Å². The van der Waals surface area contributed by atoms with Crippen LogP contribution in [0, 0.1) is 0 Å². The molecule has 1 amide bonds. The minimum Gasteiger partial charge on any atom is -0.496 e. The normalized spacial score (nSPS) is 17.6. The average molecular weight is 487 g/mol. The first-order valence-corrected chi connectivity index (χ1v) is 13.5. The molecule has 0 spiro atoms. The second kappa shape index (κ2) is 10.9. The predicted molar refractivity (Wildman–Crippen MR) is 131 cm³/mol. The third-order valence-corrected chi connectivity index (χ3v) is 8.63. The zero-order valence-electron chi connectivity index (χ0n) is 20.0. The Kier molecular flexibility index (Phi) is 7.91. The number of fused-ring (bicyclic) bond motifs is 1. The van der Waals surface area contributed by atoms with Gasteiger partial charge in [-0.2, -0.15) is 4.31 Å². The van der Waals surface area contributed by atoms with Crippen LogP contribution in [-0.2, 0) is 38.8 Å². The van der Waals surface area contributed by atoms with Crippen LogP contribution >= 0.6 is 0 Å². The monoisotopic (exact) mass is 486 g/mol. The maximum atomic E-state index is 13.0. The molecule has 7 nitrogen and oxygen atoms in total. The molecule has 0 bridgehead atoms. The molecule has 8 heteroatoms. The summed E-state index contributed by atoms with van der Waals surface area (Å²) in [5.41, 5.74) is 4.64. The van der Waals surface area contributed by atoms with E-state index in [4.69, 9.17) is 9.47 Å². The van der Waals surface area contributed by atoms with Crippen LogP contribution in [0.15, 0.2) is 41.3 Å². The van der Waals surface area contributed by atoms with E-state index in [0.29, 0.717) is 44.0 Å². The highest BCUT2D eigenvalue weighted by Gasteiger charge is 2.27. The van der Waals surface area contributed by atoms with Crippen molar-refractivity contribution in [3.63, 3.8) is 0 Å². The Morgan fingerprint density at radius 2 is 1.82 bits per heavy atom. The van der Waals surface area contributed by atoms with E-state index in [1.807, 2.05) is 6.92 Å². The Morgan fingerprint density at radius 1 is 1.09 bits per heavy atom. The molecule has 1 atom stereocenters. The number of sulfonamides is 1. The molecule has 34 heavy (non-hydrogen) atoms. The average Bonchev–Trinajstić information content (AvgIpc) is 2.87. The van der Waals surface area contributed by atoms with Crippen LogP contribution in [0.3, 0.4) is 0 Å². The predicted octanol–water partition coefficient (Wildman–Crippen LogP) is 3.40. The van der Waals surface area contributed by atoms with Gasteiger partial charge >= 0.3 is 0 Å². The molecule has 1 aliphatic heterocycles. The largest absolute Gasteiger partial charge is 0.496 e. The van der Waals surface area contributed by atoms with Crippen LogP contribution in [0.2, 0.25) is 0 Å². The lowest BCUT2D eigenvalue weighted by atomic mass is 9.89. The molecular formula is C26H34N2O5S. The summed E-state index contributed by atoms with van der Waals surface area (Å²) in [5.74, 6) is 0.505. The van der Waals surface area contributed by atoms with E-state index in [2.05, 4.69) is 23.5 Å². The van der Waals surface area contributed by atoms with Crippen molar-refractivity contribution in [3.05, 3.63) is 58.7 Å². The number of morpholine rings is 1. The van der Waals surface area contributed by atoms with E-state index in [0.717, 1.165) is 18.4 Å². The van der Waals surface area contributed by atoms with Gasteiger partial charge in [0.2, 0.25) is 15.9 Å². The van der Waals surface area contributed by atoms with Gasteiger partial charge in [0, 0.05) is 19.5 Å². The summed E-state index contributed by atoms with van der Waals surface area (Å²) in [4.78, 5) is 12.9. The zero-order chi connectivity index (χ0) is 24.1. The highest BCUT2D eigenvalue weighted by molar-refractivity contribution is 7.89. The van der Waals surface area contributed by atoms with Crippen LogP contribution < -0.4 is 10.1 Å². The van der Waals surface area contributed by atoms with Gasteiger partial charge in [-0.3, -0.25) is 4.79 Å². The third-order valence-electron chi connectivity index (χ3n) is 6.73. The van der Waals surface area contributed by atoms with E-state index in [1.165, 1.54) is 28.3 Å². The molecule has 1 heterocycles. The van der Waals surface area contributed by atoms with Gasteiger partial charge in [-0.25, -0.2) is 8.42 Å². The van der Waals surface area contributed by atoms with Crippen molar-refractivity contribution in [2.24, 2.45) is 0 Å². The smallest absolute Gasteiger partial charge is 0.243 e. The third kappa shape index (κ3) is 5.62. The molecule has 2 aromatic rings. The number of ether oxygens (including phenoxy) is 2. The minimum absolute atomic E-state index is 0.0753. The summed E-state index contributed by atoms with van der Waals surface area (Å²) in [6.07, 6.45) is 5.34. The number of benzene rings is 2. The molecule has 1 fully saturated rings. The lowest BCUT2D eigenvalue weighted by Crippen LogP contribution is -2.40. The van der Waals surface area contributed by atoms with E-state index >= 15 is 0 Å². The standard InChI is InChI=1S/C26H34N2O5S/c1-19(21-8-7-20-5-3-4-6-22(20)17-21)27-26(29)12-9-23-18-24(10-11-25(23)32-2)34(30,31)28-13-15-33-16-14-28/h7-8,10-11,17-19H,3-6,9,12-16H2,1-2H3,(H,27,29)/t19-/m1/s1.